The van der Waals surface area contributed by atoms with Gasteiger partial charge in [0.2, 0.25) is 5.79 Å². The standard InChI is InChI=1S/C8H10O5.C6H8O4/c1-8(2)12-5(3-6(9)10)4-7(11)13-8;1-6(2)9-4(7)3-5(8)10-6/h4H,3H2,1-2H3,(H,9,10);3H2,1-2H3. The van der Waals surface area contributed by atoms with Crippen LogP contribution in [0.2, 0.25) is 0 Å². The van der Waals surface area contributed by atoms with Crippen molar-refractivity contribution >= 4 is 23.9 Å². The van der Waals surface area contributed by atoms with Gasteiger partial charge in [0.05, 0.1) is 6.08 Å². The van der Waals surface area contributed by atoms with Gasteiger partial charge in [0.15, 0.2) is 0 Å². The lowest BCUT2D eigenvalue weighted by Crippen LogP contribution is -2.39. The van der Waals surface area contributed by atoms with Gasteiger partial charge < -0.3 is 24.1 Å². The molecule has 0 aromatic carbocycles. The smallest absolute Gasteiger partial charge is 0.337 e. The van der Waals surface area contributed by atoms with Crippen LogP contribution in [0.5, 0.6) is 0 Å². The first-order chi connectivity index (χ1) is 10.4. The van der Waals surface area contributed by atoms with Crippen LogP contribution in [0.25, 0.3) is 0 Å². The minimum Gasteiger partial charge on any atom is -0.481 e. The van der Waals surface area contributed by atoms with Crippen molar-refractivity contribution in [2.75, 3.05) is 0 Å². The van der Waals surface area contributed by atoms with E-state index in [9.17, 15) is 19.2 Å². The molecule has 0 amide bonds. The van der Waals surface area contributed by atoms with Gasteiger partial charge in [-0.2, -0.15) is 0 Å². The summed E-state index contributed by atoms with van der Waals surface area (Å²) in [5.41, 5.74) is 0. The maximum absolute atomic E-state index is 10.9. The molecule has 0 aliphatic carbocycles. The van der Waals surface area contributed by atoms with Crippen molar-refractivity contribution in [2.24, 2.45) is 0 Å². The summed E-state index contributed by atoms with van der Waals surface area (Å²) in [6, 6.07) is 0. The van der Waals surface area contributed by atoms with Crippen molar-refractivity contribution in [3.05, 3.63) is 11.8 Å². The minimum absolute atomic E-state index is 0.119. The number of carbonyl (C=O) groups is 4. The maximum atomic E-state index is 10.9. The second-order valence-corrected chi connectivity index (χ2v) is 5.63. The second-order valence-electron chi connectivity index (χ2n) is 5.63. The lowest BCUT2D eigenvalue weighted by Gasteiger charge is -2.30. The van der Waals surface area contributed by atoms with Gasteiger partial charge in [-0.25, -0.2) is 4.79 Å². The van der Waals surface area contributed by atoms with Crippen LogP contribution in [0.1, 0.15) is 40.5 Å². The van der Waals surface area contributed by atoms with Crippen LogP contribution >= 0.6 is 0 Å². The van der Waals surface area contributed by atoms with E-state index in [4.69, 9.17) is 14.6 Å². The van der Waals surface area contributed by atoms with Crippen molar-refractivity contribution in [3.8, 4) is 0 Å². The number of carbonyl (C=O) groups excluding carboxylic acids is 3. The van der Waals surface area contributed by atoms with Crippen LogP contribution in [0, 0.1) is 0 Å². The molecule has 0 aromatic heterocycles. The zero-order valence-electron chi connectivity index (χ0n) is 13.2. The van der Waals surface area contributed by atoms with Crippen LogP contribution in [0.4, 0.5) is 0 Å². The number of ether oxygens (including phenoxy) is 4. The SMILES string of the molecule is CC1(C)OC(=O)C=C(CC(=O)O)O1.CC1(C)OC(=O)CC(=O)O1. The van der Waals surface area contributed by atoms with E-state index in [0.717, 1.165) is 6.08 Å². The van der Waals surface area contributed by atoms with Crippen molar-refractivity contribution < 1.29 is 43.2 Å². The van der Waals surface area contributed by atoms with Gasteiger partial charge in [0.1, 0.15) is 18.6 Å². The molecule has 0 atom stereocenters. The molecule has 23 heavy (non-hydrogen) atoms. The summed E-state index contributed by atoms with van der Waals surface area (Å²) >= 11 is 0. The van der Waals surface area contributed by atoms with Crippen LogP contribution in [-0.2, 0) is 38.1 Å². The number of cyclic esters (lactones) is 3. The average Bonchev–Trinajstić information content (AvgIpc) is 2.20. The summed E-state index contributed by atoms with van der Waals surface area (Å²) in [6.07, 6.45) is 0.460. The predicted octanol–water partition coefficient (Wildman–Crippen LogP) is 0.867. The topological polar surface area (TPSA) is 125 Å². The molecule has 1 N–H and O–H groups in total. The Morgan fingerprint density at radius 1 is 1.00 bits per heavy atom. The maximum Gasteiger partial charge on any atom is 0.337 e. The van der Waals surface area contributed by atoms with Crippen molar-refractivity contribution in [1.82, 2.24) is 0 Å². The highest BCUT2D eigenvalue weighted by Crippen LogP contribution is 2.23. The number of carboxylic acids is 1. The van der Waals surface area contributed by atoms with E-state index in [2.05, 4.69) is 9.47 Å². The third-order valence-electron chi connectivity index (χ3n) is 2.34. The molecule has 2 rings (SSSR count). The van der Waals surface area contributed by atoms with E-state index in [-0.39, 0.29) is 18.6 Å². The van der Waals surface area contributed by atoms with Gasteiger partial charge in [-0.15, -0.1) is 0 Å². The fourth-order valence-corrected chi connectivity index (χ4v) is 1.76. The lowest BCUT2D eigenvalue weighted by atomic mass is 10.2. The molecule has 2 heterocycles. The molecule has 0 saturated carbocycles. The van der Waals surface area contributed by atoms with Gasteiger partial charge in [0.25, 0.3) is 5.79 Å². The van der Waals surface area contributed by atoms with E-state index < -0.39 is 35.5 Å². The third-order valence-corrected chi connectivity index (χ3v) is 2.34. The first kappa shape index (κ1) is 18.5. The van der Waals surface area contributed by atoms with Crippen LogP contribution in [0.15, 0.2) is 11.8 Å². The predicted molar refractivity (Wildman–Crippen MR) is 72.5 cm³/mol. The van der Waals surface area contributed by atoms with Crippen LogP contribution in [-0.4, -0.2) is 40.6 Å². The Kier molecular flexibility index (Phi) is 5.36. The number of carboxylic acid groups (broad SMARTS) is 1. The van der Waals surface area contributed by atoms with Gasteiger partial charge in [-0.3, -0.25) is 14.4 Å². The molecule has 9 heteroatoms. The Bertz CT molecular complexity index is 539. The molecule has 128 valence electrons. The summed E-state index contributed by atoms with van der Waals surface area (Å²) in [4.78, 5) is 42.3. The molecule has 0 bridgehead atoms. The number of rotatable bonds is 2. The molecular weight excluding hydrogens is 312 g/mol. The van der Waals surface area contributed by atoms with E-state index in [0.29, 0.717) is 0 Å². The Morgan fingerprint density at radius 2 is 1.48 bits per heavy atom. The van der Waals surface area contributed by atoms with Gasteiger partial charge in [0, 0.05) is 27.7 Å². The summed E-state index contributed by atoms with van der Waals surface area (Å²) < 4.78 is 19.2. The Hall–Kier alpha value is -2.58. The molecule has 2 aliphatic rings. The Balaban J connectivity index is 0.000000238. The summed E-state index contributed by atoms with van der Waals surface area (Å²) in [6.45, 7) is 6.11. The molecule has 0 unspecified atom stereocenters. The molecule has 1 saturated heterocycles. The number of hydrogen-bond acceptors (Lipinski definition) is 8. The van der Waals surface area contributed by atoms with Gasteiger partial charge in [-0.1, -0.05) is 0 Å². The average molecular weight is 330 g/mol. The molecule has 0 aromatic rings. The Morgan fingerprint density at radius 3 is 1.87 bits per heavy atom. The Labute approximate surface area is 132 Å². The first-order valence-corrected chi connectivity index (χ1v) is 6.66. The summed E-state index contributed by atoms with van der Waals surface area (Å²) in [5.74, 6) is -4.70. The molecule has 2 aliphatic heterocycles. The molecule has 9 nitrogen and oxygen atoms in total. The molecular formula is C14H18O9. The normalized spacial score (nSPS) is 21.4. The summed E-state index contributed by atoms with van der Waals surface area (Å²) in [5, 5.41) is 8.45. The lowest BCUT2D eigenvalue weighted by molar-refractivity contribution is -0.231. The minimum atomic E-state index is -1.08. The number of aliphatic carboxylic acids is 1. The largest absolute Gasteiger partial charge is 0.481 e. The van der Waals surface area contributed by atoms with E-state index in [1.807, 2.05) is 0 Å². The zero-order valence-corrected chi connectivity index (χ0v) is 13.2. The van der Waals surface area contributed by atoms with Crippen LogP contribution in [0.3, 0.4) is 0 Å². The second kappa shape index (κ2) is 6.67. The summed E-state index contributed by atoms with van der Waals surface area (Å²) in [7, 11) is 0. The zero-order chi connectivity index (χ0) is 17.8. The van der Waals surface area contributed by atoms with Crippen molar-refractivity contribution in [2.45, 2.75) is 52.1 Å². The van der Waals surface area contributed by atoms with E-state index >= 15 is 0 Å². The fourth-order valence-electron chi connectivity index (χ4n) is 1.76. The number of hydrogen-bond donors (Lipinski definition) is 1. The highest BCUT2D eigenvalue weighted by molar-refractivity contribution is 5.93. The van der Waals surface area contributed by atoms with Gasteiger partial charge >= 0.3 is 23.9 Å². The van der Waals surface area contributed by atoms with E-state index in [1.54, 1.807) is 13.8 Å². The van der Waals surface area contributed by atoms with Gasteiger partial charge in [-0.05, 0) is 0 Å². The monoisotopic (exact) mass is 330 g/mol. The molecule has 1 fully saturated rings. The molecule has 0 radical (unpaired) electrons. The highest BCUT2D eigenvalue weighted by atomic mass is 16.7. The van der Waals surface area contributed by atoms with E-state index in [1.165, 1.54) is 13.8 Å². The first-order valence-electron chi connectivity index (χ1n) is 6.66. The quantitative estimate of drug-likeness (QED) is 0.579. The van der Waals surface area contributed by atoms with Crippen molar-refractivity contribution in [3.63, 3.8) is 0 Å². The van der Waals surface area contributed by atoms with Crippen molar-refractivity contribution in [1.29, 1.82) is 0 Å². The molecule has 0 spiro atoms. The fraction of sp³-hybridized carbons (Fsp3) is 0.571. The third kappa shape index (κ3) is 6.81. The highest BCUT2D eigenvalue weighted by Gasteiger charge is 2.34. The van der Waals surface area contributed by atoms with Crippen LogP contribution < -0.4 is 0 Å². The number of esters is 3.